The van der Waals surface area contributed by atoms with Crippen LogP contribution in [0.1, 0.15) is 5.56 Å². The molecule has 0 spiro atoms. The number of nitrogens with one attached hydrogen (secondary N) is 1. The number of halogens is 1. The van der Waals surface area contributed by atoms with E-state index in [1.165, 1.54) is 0 Å². The highest BCUT2D eigenvalue weighted by molar-refractivity contribution is 6.29. The molecule has 2 rings (SSSR count). The first-order valence-corrected chi connectivity index (χ1v) is 5.42. The normalized spacial score (nSPS) is 24.4. The van der Waals surface area contributed by atoms with Gasteiger partial charge < -0.3 is 16.8 Å². The van der Waals surface area contributed by atoms with Gasteiger partial charge in [0.05, 0.1) is 0 Å². The fraction of sp³-hybridized carbons (Fsp3) is 0.167. The van der Waals surface area contributed by atoms with E-state index in [9.17, 15) is 0 Å². The third-order valence-electron chi connectivity index (χ3n) is 2.59. The van der Waals surface area contributed by atoms with Crippen LogP contribution in [0.4, 0.5) is 0 Å². The van der Waals surface area contributed by atoms with Crippen LogP contribution in [0.3, 0.4) is 0 Å². The smallest absolute Gasteiger partial charge is 0.131 e. The molecule has 0 saturated heterocycles. The third kappa shape index (κ3) is 2.21. The fourth-order valence-corrected chi connectivity index (χ4v) is 1.93. The number of allylic oxidation sites excluding steroid dienone is 2. The minimum Gasteiger partial charge on any atom is -0.399 e. The summed E-state index contributed by atoms with van der Waals surface area (Å²) in [4.78, 5) is 0. The zero-order chi connectivity index (χ0) is 11.6. The van der Waals surface area contributed by atoms with Crippen molar-refractivity contribution in [1.82, 2.24) is 5.32 Å². The first-order chi connectivity index (χ1) is 7.60. The van der Waals surface area contributed by atoms with E-state index >= 15 is 0 Å². The van der Waals surface area contributed by atoms with E-state index in [4.69, 9.17) is 23.1 Å². The molecule has 1 aromatic carbocycles. The summed E-state index contributed by atoms with van der Waals surface area (Å²) in [5, 5.41) is 3.51. The summed E-state index contributed by atoms with van der Waals surface area (Å²) < 4.78 is 0. The van der Waals surface area contributed by atoms with Gasteiger partial charge in [-0.05, 0) is 17.7 Å². The summed E-state index contributed by atoms with van der Waals surface area (Å²) in [7, 11) is 0. The van der Waals surface area contributed by atoms with Crippen molar-refractivity contribution >= 4 is 11.6 Å². The van der Waals surface area contributed by atoms with Gasteiger partial charge in [-0.15, -0.1) is 0 Å². The number of hydrogen-bond donors (Lipinski definition) is 3. The Morgan fingerprint density at radius 1 is 1.19 bits per heavy atom. The van der Waals surface area contributed by atoms with Gasteiger partial charge in [-0.3, -0.25) is 0 Å². The molecule has 0 amide bonds. The van der Waals surface area contributed by atoms with Crippen LogP contribution in [0.25, 0.3) is 0 Å². The Labute approximate surface area is 99.8 Å². The Kier molecular flexibility index (Phi) is 2.90. The average Bonchev–Trinajstić information content (AvgIpc) is 2.25. The molecular formula is C12H14ClN3. The Morgan fingerprint density at radius 2 is 1.88 bits per heavy atom. The van der Waals surface area contributed by atoms with Crippen molar-refractivity contribution in [2.75, 3.05) is 0 Å². The molecule has 3 nitrogen and oxygen atoms in total. The van der Waals surface area contributed by atoms with Crippen molar-refractivity contribution in [3.8, 4) is 0 Å². The Bertz CT molecular complexity index is 439. The number of benzene rings is 1. The molecule has 1 unspecified atom stereocenters. The standard InChI is InChI=1S/C12H14ClN3/c13-11-7-6-10(14)12(15,16-11)8-9-4-2-1-3-5-9/h1-7,16H,8,14-15H2. The van der Waals surface area contributed by atoms with E-state index in [1.807, 2.05) is 30.3 Å². The second kappa shape index (κ2) is 4.20. The summed E-state index contributed by atoms with van der Waals surface area (Å²) in [5.41, 5.74) is 13.0. The van der Waals surface area contributed by atoms with E-state index in [1.54, 1.807) is 12.2 Å². The maximum absolute atomic E-state index is 6.20. The zero-order valence-corrected chi connectivity index (χ0v) is 9.54. The molecular weight excluding hydrogens is 222 g/mol. The highest BCUT2D eigenvalue weighted by Gasteiger charge is 2.30. The molecule has 0 aromatic heterocycles. The first-order valence-electron chi connectivity index (χ1n) is 5.04. The molecule has 0 bridgehead atoms. The van der Waals surface area contributed by atoms with E-state index in [-0.39, 0.29) is 0 Å². The quantitative estimate of drug-likeness (QED) is 0.680. The SMILES string of the molecule is NC1=CC=C(Cl)NC1(N)Cc1ccccc1. The van der Waals surface area contributed by atoms with Gasteiger partial charge in [-0.2, -0.15) is 0 Å². The summed E-state index contributed by atoms with van der Waals surface area (Å²) in [6.45, 7) is 0. The molecule has 0 fully saturated rings. The van der Waals surface area contributed by atoms with Crippen LogP contribution in [0.5, 0.6) is 0 Å². The highest BCUT2D eigenvalue weighted by atomic mass is 35.5. The van der Waals surface area contributed by atoms with Crippen LogP contribution in [0, 0.1) is 0 Å². The fourth-order valence-electron chi connectivity index (χ4n) is 1.70. The van der Waals surface area contributed by atoms with Crippen molar-refractivity contribution < 1.29 is 0 Å². The predicted octanol–water partition coefficient (Wildman–Crippen LogP) is 1.41. The van der Waals surface area contributed by atoms with Gasteiger partial charge in [0.15, 0.2) is 0 Å². The Hall–Kier alpha value is -1.45. The maximum Gasteiger partial charge on any atom is 0.131 e. The van der Waals surface area contributed by atoms with E-state index in [0.29, 0.717) is 17.3 Å². The number of hydrogen-bond acceptors (Lipinski definition) is 3. The van der Waals surface area contributed by atoms with E-state index < -0.39 is 5.66 Å². The van der Waals surface area contributed by atoms with Gasteiger partial charge in [0.1, 0.15) is 10.8 Å². The average molecular weight is 236 g/mol. The molecule has 16 heavy (non-hydrogen) atoms. The molecule has 4 heteroatoms. The molecule has 1 aromatic rings. The minimum absolute atomic E-state index is 0.507. The Morgan fingerprint density at radius 3 is 2.56 bits per heavy atom. The second-order valence-electron chi connectivity index (χ2n) is 3.90. The van der Waals surface area contributed by atoms with Crippen molar-refractivity contribution in [1.29, 1.82) is 0 Å². The van der Waals surface area contributed by atoms with Gasteiger partial charge >= 0.3 is 0 Å². The lowest BCUT2D eigenvalue weighted by molar-refractivity contribution is 0.428. The second-order valence-corrected chi connectivity index (χ2v) is 4.30. The zero-order valence-electron chi connectivity index (χ0n) is 8.78. The molecule has 0 aliphatic carbocycles. The van der Waals surface area contributed by atoms with Crippen molar-refractivity contribution in [3.05, 3.63) is 58.9 Å². The summed E-state index contributed by atoms with van der Waals surface area (Å²) in [5.74, 6) is 0. The number of nitrogens with two attached hydrogens (primary N) is 2. The number of dihydropyridines is 1. The predicted molar refractivity (Wildman–Crippen MR) is 66.4 cm³/mol. The van der Waals surface area contributed by atoms with Crippen LogP contribution in [-0.2, 0) is 6.42 Å². The molecule has 1 atom stereocenters. The van der Waals surface area contributed by atoms with Gasteiger partial charge in [0, 0.05) is 12.1 Å². The van der Waals surface area contributed by atoms with Crippen LogP contribution in [-0.4, -0.2) is 5.66 Å². The van der Waals surface area contributed by atoms with Crippen molar-refractivity contribution in [2.24, 2.45) is 11.5 Å². The first kappa shape index (κ1) is 11.0. The molecule has 0 radical (unpaired) electrons. The Balaban J connectivity index is 2.22. The summed E-state index contributed by atoms with van der Waals surface area (Å²) in [6, 6.07) is 9.93. The van der Waals surface area contributed by atoms with Crippen molar-refractivity contribution in [2.45, 2.75) is 12.1 Å². The van der Waals surface area contributed by atoms with Crippen LogP contribution < -0.4 is 16.8 Å². The lowest BCUT2D eigenvalue weighted by atomic mass is 9.95. The van der Waals surface area contributed by atoms with Crippen LogP contribution in [0.2, 0.25) is 0 Å². The molecule has 1 aliphatic heterocycles. The van der Waals surface area contributed by atoms with E-state index in [2.05, 4.69) is 5.32 Å². The molecule has 84 valence electrons. The summed E-state index contributed by atoms with van der Waals surface area (Å²) in [6.07, 6.45) is 4.04. The van der Waals surface area contributed by atoms with Crippen LogP contribution in [0.15, 0.2) is 53.3 Å². The van der Waals surface area contributed by atoms with E-state index in [0.717, 1.165) is 5.56 Å². The lowest BCUT2D eigenvalue weighted by Gasteiger charge is -2.34. The molecule has 1 aliphatic rings. The van der Waals surface area contributed by atoms with Gasteiger partial charge in [0.2, 0.25) is 0 Å². The lowest BCUT2D eigenvalue weighted by Crippen LogP contribution is -2.58. The van der Waals surface area contributed by atoms with Gasteiger partial charge in [-0.1, -0.05) is 41.9 Å². The van der Waals surface area contributed by atoms with Crippen LogP contribution >= 0.6 is 11.6 Å². The highest BCUT2D eigenvalue weighted by Crippen LogP contribution is 2.20. The number of rotatable bonds is 2. The minimum atomic E-state index is -0.798. The third-order valence-corrected chi connectivity index (χ3v) is 2.81. The largest absolute Gasteiger partial charge is 0.399 e. The maximum atomic E-state index is 6.20. The van der Waals surface area contributed by atoms with Gasteiger partial charge in [0.25, 0.3) is 0 Å². The monoisotopic (exact) mass is 235 g/mol. The van der Waals surface area contributed by atoms with Crippen molar-refractivity contribution in [3.63, 3.8) is 0 Å². The summed E-state index contributed by atoms with van der Waals surface area (Å²) >= 11 is 5.90. The topological polar surface area (TPSA) is 64.1 Å². The molecule has 1 heterocycles. The molecule has 0 saturated carbocycles. The van der Waals surface area contributed by atoms with Gasteiger partial charge in [-0.25, -0.2) is 0 Å². The molecule has 5 N–H and O–H groups in total.